The van der Waals surface area contributed by atoms with Gasteiger partial charge in [-0.2, -0.15) is 0 Å². The van der Waals surface area contributed by atoms with Crippen LogP contribution in [0.1, 0.15) is 101 Å². The van der Waals surface area contributed by atoms with E-state index >= 15 is 0 Å². The second kappa shape index (κ2) is 13.6. The van der Waals surface area contributed by atoms with E-state index in [0.29, 0.717) is 0 Å². The lowest BCUT2D eigenvalue weighted by atomic mass is 10.0. The fourth-order valence-corrected chi connectivity index (χ4v) is 4.27. The minimum atomic E-state index is -2.05. The Morgan fingerprint density at radius 3 is 1.83 bits per heavy atom. The van der Waals surface area contributed by atoms with Crippen LogP contribution in [0.25, 0.3) is 0 Å². The molecule has 0 amide bonds. The normalized spacial score (nSPS) is 15.0. The molecule has 0 fully saturated rings. The molecule has 0 aliphatic carbocycles. The summed E-state index contributed by atoms with van der Waals surface area (Å²) in [6, 6.07) is 0. The van der Waals surface area contributed by atoms with Crippen molar-refractivity contribution in [3.05, 3.63) is 36.0 Å². The highest BCUT2D eigenvalue weighted by Crippen LogP contribution is 2.38. The number of esters is 2. The first-order valence-electron chi connectivity index (χ1n) is 12.9. The van der Waals surface area contributed by atoms with Crippen molar-refractivity contribution in [1.82, 2.24) is 0 Å². The number of hydrogen-bond acceptors (Lipinski definition) is 5. The topological polar surface area (TPSA) is 61.8 Å². The highest BCUT2D eigenvalue weighted by molar-refractivity contribution is 6.74. The van der Waals surface area contributed by atoms with Gasteiger partial charge in [0.05, 0.1) is 17.3 Å². The first kappa shape index (κ1) is 33.3. The lowest BCUT2D eigenvalue weighted by molar-refractivity contribution is -0.153. The van der Waals surface area contributed by atoms with Gasteiger partial charge in [-0.3, -0.25) is 0 Å². The number of rotatable bonds is 12. The maximum absolute atomic E-state index is 13.3. The Morgan fingerprint density at radius 1 is 0.886 bits per heavy atom. The van der Waals surface area contributed by atoms with Crippen LogP contribution in [0.2, 0.25) is 18.1 Å². The monoisotopic (exact) mass is 508 g/mol. The van der Waals surface area contributed by atoms with Crippen molar-refractivity contribution in [2.75, 3.05) is 0 Å². The van der Waals surface area contributed by atoms with Crippen molar-refractivity contribution < 1.29 is 23.5 Å². The summed E-state index contributed by atoms with van der Waals surface area (Å²) in [6.07, 6.45) is 9.34. The zero-order chi connectivity index (χ0) is 27.7. The average Bonchev–Trinajstić information content (AvgIpc) is 2.63. The smallest absolute Gasteiger partial charge is 0.339 e. The largest absolute Gasteiger partial charge is 0.457 e. The maximum atomic E-state index is 13.3. The molecule has 0 aromatic rings. The van der Waals surface area contributed by atoms with E-state index in [4.69, 9.17) is 13.9 Å². The zero-order valence-corrected chi connectivity index (χ0v) is 25.6. The predicted molar refractivity (Wildman–Crippen MR) is 149 cm³/mol. The molecule has 0 aromatic carbocycles. The SMILES string of the molecule is C=CC/C(C(=O)OC(C)(C)C)=C(\C=C\C(CCCCC)O[Si](C)(C)C(C)(C)C)C(=O)OC(C)(C)C. The van der Waals surface area contributed by atoms with Crippen LogP contribution in [-0.2, 0) is 23.5 Å². The van der Waals surface area contributed by atoms with Gasteiger partial charge in [-0.15, -0.1) is 6.58 Å². The number of carbonyl (C=O) groups excluding carboxylic acids is 2. The van der Waals surface area contributed by atoms with E-state index in [9.17, 15) is 9.59 Å². The van der Waals surface area contributed by atoms with Gasteiger partial charge in [0.1, 0.15) is 11.2 Å². The molecule has 0 aromatic heterocycles. The van der Waals surface area contributed by atoms with Crippen LogP contribution in [0.4, 0.5) is 0 Å². The summed E-state index contributed by atoms with van der Waals surface area (Å²) in [6.45, 7) is 27.9. The Balaban J connectivity index is 6.53. The van der Waals surface area contributed by atoms with Crippen LogP contribution < -0.4 is 0 Å². The fourth-order valence-electron chi connectivity index (χ4n) is 2.96. The average molecular weight is 509 g/mol. The molecule has 6 heteroatoms. The minimum absolute atomic E-state index is 0.0538. The van der Waals surface area contributed by atoms with Gasteiger partial charge < -0.3 is 13.9 Å². The summed E-state index contributed by atoms with van der Waals surface area (Å²) in [4.78, 5) is 26.3. The molecule has 202 valence electrons. The molecule has 0 N–H and O–H groups in total. The van der Waals surface area contributed by atoms with Crippen molar-refractivity contribution in [1.29, 1.82) is 0 Å². The number of hydrogen-bond donors (Lipinski definition) is 0. The molecule has 5 nitrogen and oxygen atoms in total. The molecule has 35 heavy (non-hydrogen) atoms. The Labute approximate surface area is 216 Å². The summed E-state index contributed by atoms with van der Waals surface area (Å²) in [5, 5.41) is 0.0538. The van der Waals surface area contributed by atoms with Crippen LogP contribution in [0, 0.1) is 0 Å². The number of allylic oxidation sites excluding steroid dienone is 1. The summed E-state index contributed by atoms with van der Waals surface area (Å²) in [7, 11) is -2.05. The third-order valence-corrected chi connectivity index (χ3v) is 10.3. The third-order valence-electron chi connectivity index (χ3n) is 5.76. The van der Waals surface area contributed by atoms with Crippen LogP contribution in [0.15, 0.2) is 36.0 Å². The van der Waals surface area contributed by atoms with Gasteiger partial charge in [0, 0.05) is 0 Å². The van der Waals surface area contributed by atoms with Gasteiger partial charge in [0.2, 0.25) is 0 Å². The summed E-state index contributed by atoms with van der Waals surface area (Å²) in [5.74, 6) is -1.10. The first-order valence-corrected chi connectivity index (χ1v) is 15.8. The van der Waals surface area contributed by atoms with Crippen molar-refractivity contribution >= 4 is 20.3 Å². The van der Waals surface area contributed by atoms with Gasteiger partial charge in [-0.05, 0) is 78.6 Å². The molecule has 0 aliphatic heterocycles. The van der Waals surface area contributed by atoms with Crippen LogP contribution in [-0.4, -0.2) is 37.6 Å². The van der Waals surface area contributed by atoms with Crippen molar-refractivity contribution in [2.24, 2.45) is 0 Å². The molecule has 1 atom stereocenters. The van der Waals surface area contributed by atoms with E-state index < -0.39 is 31.5 Å². The van der Waals surface area contributed by atoms with Crippen LogP contribution >= 0.6 is 0 Å². The molecule has 0 heterocycles. The van der Waals surface area contributed by atoms with Crippen LogP contribution in [0.5, 0.6) is 0 Å². The van der Waals surface area contributed by atoms with Crippen molar-refractivity contribution in [2.45, 2.75) is 137 Å². The first-order chi connectivity index (χ1) is 15.7. The molecule has 0 rings (SSSR count). The molecule has 0 saturated heterocycles. The van der Waals surface area contributed by atoms with Gasteiger partial charge in [0.25, 0.3) is 0 Å². The molecule has 1 unspecified atom stereocenters. The highest BCUT2D eigenvalue weighted by Gasteiger charge is 2.38. The van der Waals surface area contributed by atoms with E-state index in [0.717, 1.165) is 25.7 Å². The molecular formula is C29H52O5Si. The molecule has 0 bridgehead atoms. The fraction of sp³-hybridized carbons (Fsp3) is 0.724. The van der Waals surface area contributed by atoms with Gasteiger partial charge in [-0.25, -0.2) is 9.59 Å². The summed E-state index contributed by atoms with van der Waals surface area (Å²) in [5.41, 5.74) is -0.976. The molecule has 0 radical (unpaired) electrons. The number of unbranched alkanes of at least 4 members (excludes halogenated alkanes) is 2. The highest BCUT2D eigenvalue weighted by atomic mass is 28.4. The van der Waals surface area contributed by atoms with Gasteiger partial charge in [0.15, 0.2) is 8.32 Å². The Bertz CT molecular complexity index is 770. The Morgan fingerprint density at radius 2 is 1.40 bits per heavy atom. The maximum Gasteiger partial charge on any atom is 0.339 e. The number of carbonyl (C=O) groups is 2. The molecule has 0 aliphatic rings. The number of ether oxygens (including phenoxy) is 2. The van der Waals surface area contributed by atoms with E-state index in [-0.39, 0.29) is 28.7 Å². The van der Waals surface area contributed by atoms with Crippen molar-refractivity contribution in [3.63, 3.8) is 0 Å². The second-order valence-corrected chi connectivity index (χ2v) is 17.4. The van der Waals surface area contributed by atoms with Crippen LogP contribution in [0.3, 0.4) is 0 Å². The summed E-state index contributed by atoms with van der Waals surface area (Å²) < 4.78 is 18.0. The quantitative estimate of drug-likeness (QED) is 0.0666. The molecule has 0 spiro atoms. The second-order valence-electron chi connectivity index (χ2n) is 12.7. The predicted octanol–water partition coefficient (Wildman–Crippen LogP) is 8.07. The molecular weight excluding hydrogens is 456 g/mol. The third kappa shape index (κ3) is 13.3. The van der Waals surface area contributed by atoms with E-state index in [1.165, 1.54) is 0 Å². The molecule has 0 saturated carbocycles. The lowest BCUT2D eigenvalue weighted by Crippen LogP contribution is -2.43. The van der Waals surface area contributed by atoms with Gasteiger partial charge in [-0.1, -0.05) is 59.1 Å². The Kier molecular flexibility index (Phi) is 12.9. The zero-order valence-electron chi connectivity index (χ0n) is 24.6. The van der Waals surface area contributed by atoms with E-state index in [2.05, 4.69) is 47.4 Å². The van der Waals surface area contributed by atoms with Gasteiger partial charge >= 0.3 is 11.9 Å². The van der Waals surface area contributed by atoms with E-state index in [1.807, 2.05) is 6.08 Å². The summed E-state index contributed by atoms with van der Waals surface area (Å²) >= 11 is 0. The van der Waals surface area contributed by atoms with Crippen molar-refractivity contribution in [3.8, 4) is 0 Å². The standard InChI is InChI=1S/C29H52O5Si/c1-14-16-17-19-22(34-35(12,13)29(9,10)11)20-21-24(26(31)33-28(6,7)8)23(18-15-2)25(30)32-27(3,4)5/h15,20-22H,2,14,16-19H2,1,3-13H3/b21-20+,24-23-. The van der Waals surface area contributed by atoms with E-state index in [1.54, 1.807) is 53.7 Å². The minimum Gasteiger partial charge on any atom is -0.457 e. The lowest BCUT2D eigenvalue weighted by Gasteiger charge is -2.38. The Hall–Kier alpha value is -1.66.